The topological polar surface area (TPSA) is 48.1 Å². The molecular weight excluding hydrogens is 284 g/mol. The Morgan fingerprint density at radius 1 is 1.10 bits per heavy atom. The smallest absolute Gasteiger partial charge is 0.125 e. The van der Waals surface area contributed by atoms with Crippen molar-refractivity contribution in [3.63, 3.8) is 0 Å². The van der Waals surface area contributed by atoms with E-state index in [9.17, 15) is 0 Å². The van der Waals surface area contributed by atoms with Gasteiger partial charge in [-0.3, -0.25) is 4.98 Å². The average Bonchev–Trinajstić information content (AvgIpc) is 2.53. The Kier molecular flexibility index (Phi) is 3.78. The Labute approximate surface area is 128 Å². The van der Waals surface area contributed by atoms with Gasteiger partial charge in [0.25, 0.3) is 0 Å². The second-order valence-electron chi connectivity index (χ2n) is 4.81. The fourth-order valence-corrected chi connectivity index (χ4v) is 2.66. The third-order valence-corrected chi connectivity index (χ3v) is 3.80. The SMILES string of the molecule is COc1cc(Cl)ccc1C(N)c1cncc2ccccc12. The largest absolute Gasteiger partial charge is 0.496 e. The van der Waals surface area contributed by atoms with Gasteiger partial charge in [-0.05, 0) is 23.1 Å². The summed E-state index contributed by atoms with van der Waals surface area (Å²) in [4.78, 5) is 4.29. The quantitative estimate of drug-likeness (QED) is 0.796. The summed E-state index contributed by atoms with van der Waals surface area (Å²) in [5, 5.41) is 2.79. The molecule has 2 aromatic carbocycles. The normalized spacial score (nSPS) is 12.3. The van der Waals surface area contributed by atoms with E-state index in [1.807, 2.05) is 36.5 Å². The van der Waals surface area contributed by atoms with Gasteiger partial charge in [0.15, 0.2) is 0 Å². The minimum Gasteiger partial charge on any atom is -0.496 e. The Morgan fingerprint density at radius 3 is 2.71 bits per heavy atom. The van der Waals surface area contributed by atoms with Crippen LogP contribution in [0.3, 0.4) is 0 Å². The van der Waals surface area contributed by atoms with Crippen molar-refractivity contribution < 1.29 is 4.74 Å². The summed E-state index contributed by atoms with van der Waals surface area (Å²) in [5.41, 5.74) is 8.30. The second-order valence-corrected chi connectivity index (χ2v) is 5.25. The van der Waals surface area contributed by atoms with Crippen molar-refractivity contribution >= 4 is 22.4 Å². The summed E-state index contributed by atoms with van der Waals surface area (Å²) in [6.07, 6.45) is 3.64. The van der Waals surface area contributed by atoms with Gasteiger partial charge >= 0.3 is 0 Å². The van der Waals surface area contributed by atoms with Crippen LogP contribution in [0.4, 0.5) is 0 Å². The predicted molar refractivity (Wildman–Crippen MR) is 85.8 cm³/mol. The molecule has 0 saturated heterocycles. The number of rotatable bonds is 3. The Bertz CT molecular complexity index is 783. The predicted octanol–water partition coefficient (Wildman–Crippen LogP) is 3.94. The van der Waals surface area contributed by atoms with Gasteiger partial charge in [0.2, 0.25) is 0 Å². The number of methoxy groups -OCH3 is 1. The molecule has 1 heterocycles. The van der Waals surface area contributed by atoms with Crippen LogP contribution in [-0.4, -0.2) is 12.1 Å². The lowest BCUT2D eigenvalue weighted by Crippen LogP contribution is -2.14. The maximum atomic E-state index is 6.45. The zero-order valence-electron chi connectivity index (χ0n) is 11.6. The first kappa shape index (κ1) is 13.9. The van der Waals surface area contributed by atoms with E-state index in [2.05, 4.69) is 11.1 Å². The number of benzene rings is 2. The van der Waals surface area contributed by atoms with E-state index < -0.39 is 0 Å². The van der Waals surface area contributed by atoms with Crippen molar-refractivity contribution in [2.45, 2.75) is 6.04 Å². The molecule has 0 aliphatic carbocycles. The molecule has 0 spiro atoms. The zero-order chi connectivity index (χ0) is 14.8. The first-order chi connectivity index (χ1) is 10.2. The fourth-order valence-electron chi connectivity index (χ4n) is 2.50. The summed E-state index contributed by atoms with van der Waals surface area (Å²) >= 11 is 6.01. The highest BCUT2D eigenvalue weighted by Crippen LogP contribution is 2.33. The van der Waals surface area contributed by atoms with E-state index in [-0.39, 0.29) is 6.04 Å². The number of hydrogen-bond donors (Lipinski definition) is 1. The maximum Gasteiger partial charge on any atom is 0.125 e. The van der Waals surface area contributed by atoms with Gasteiger partial charge < -0.3 is 10.5 Å². The molecule has 0 amide bonds. The Hall–Kier alpha value is -2.10. The second kappa shape index (κ2) is 5.72. The van der Waals surface area contributed by atoms with E-state index >= 15 is 0 Å². The first-order valence-corrected chi connectivity index (χ1v) is 7.00. The maximum absolute atomic E-state index is 6.45. The highest BCUT2D eigenvalue weighted by atomic mass is 35.5. The van der Waals surface area contributed by atoms with Gasteiger partial charge in [-0.25, -0.2) is 0 Å². The molecule has 1 aromatic heterocycles. The number of aromatic nitrogens is 1. The molecule has 0 bridgehead atoms. The zero-order valence-corrected chi connectivity index (χ0v) is 12.3. The molecule has 0 aliphatic rings. The molecule has 21 heavy (non-hydrogen) atoms. The molecule has 4 heteroatoms. The van der Waals surface area contributed by atoms with Gasteiger partial charge in [0.05, 0.1) is 13.2 Å². The highest BCUT2D eigenvalue weighted by molar-refractivity contribution is 6.30. The van der Waals surface area contributed by atoms with Gasteiger partial charge in [-0.2, -0.15) is 0 Å². The number of ether oxygens (including phenoxy) is 1. The van der Waals surface area contributed by atoms with Crippen LogP contribution in [0.15, 0.2) is 54.9 Å². The minimum absolute atomic E-state index is 0.323. The average molecular weight is 299 g/mol. The number of fused-ring (bicyclic) bond motifs is 1. The van der Waals surface area contributed by atoms with Crippen LogP contribution < -0.4 is 10.5 Å². The van der Waals surface area contributed by atoms with Gasteiger partial charge in [-0.15, -0.1) is 0 Å². The van der Waals surface area contributed by atoms with E-state index in [1.54, 1.807) is 19.4 Å². The van der Waals surface area contributed by atoms with E-state index in [1.165, 1.54) is 0 Å². The molecule has 3 nitrogen and oxygen atoms in total. The summed E-state index contributed by atoms with van der Waals surface area (Å²) in [5.74, 6) is 0.683. The molecular formula is C17H15ClN2O. The van der Waals surface area contributed by atoms with Crippen molar-refractivity contribution in [2.24, 2.45) is 5.73 Å². The van der Waals surface area contributed by atoms with Crippen molar-refractivity contribution in [1.29, 1.82) is 0 Å². The molecule has 0 aliphatic heterocycles. The molecule has 3 aromatic rings. The van der Waals surface area contributed by atoms with Gasteiger partial charge in [0.1, 0.15) is 5.75 Å². The summed E-state index contributed by atoms with van der Waals surface area (Å²) in [6, 6.07) is 13.2. The summed E-state index contributed by atoms with van der Waals surface area (Å²) < 4.78 is 5.40. The lowest BCUT2D eigenvalue weighted by atomic mass is 9.96. The van der Waals surface area contributed by atoms with Gasteiger partial charge in [-0.1, -0.05) is 41.9 Å². The van der Waals surface area contributed by atoms with Crippen LogP contribution in [0, 0.1) is 0 Å². The van der Waals surface area contributed by atoms with Crippen LogP contribution in [-0.2, 0) is 0 Å². The Balaban J connectivity index is 2.15. The molecule has 1 unspecified atom stereocenters. The lowest BCUT2D eigenvalue weighted by molar-refractivity contribution is 0.408. The molecule has 1 atom stereocenters. The fraction of sp³-hybridized carbons (Fsp3) is 0.118. The number of nitrogens with zero attached hydrogens (tertiary/aromatic N) is 1. The van der Waals surface area contributed by atoms with Crippen LogP contribution in [0.5, 0.6) is 5.75 Å². The molecule has 3 rings (SSSR count). The number of pyridine rings is 1. The molecule has 2 N–H and O–H groups in total. The van der Waals surface area contributed by atoms with Crippen LogP contribution in [0.1, 0.15) is 17.2 Å². The molecule has 106 valence electrons. The molecule has 0 radical (unpaired) electrons. The molecule has 0 fully saturated rings. The van der Waals surface area contributed by atoms with Crippen molar-refractivity contribution in [3.8, 4) is 5.75 Å². The van der Waals surface area contributed by atoms with Crippen LogP contribution >= 0.6 is 11.6 Å². The summed E-state index contributed by atoms with van der Waals surface area (Å²) in [7, 11) is 1.61. The lowest BCUT2D eigenvalue weighted by Gasteiger charge is -2.17. The van der Waals surface area contributed by atoms with Gasteiger partial charge in [0, 0.05) is 28.4 Å². The minimum atomic E-state index is -0.323. The standard InChI is InChI=1S/C17H15ClN2O/c1-21-16-8-12(18)6-7-14(16)17(19)15-10-20-9-11-4-2-3-5-13(11)15/h2-10,17H,19H2,1H3. The van der Waals surface area contributed by atoms with E-state index in [0.29, 0.717) is 10.8 Å². The third kappa shape index (κ3) is 2.58. The van der Waals surface area contributed by atoms with Crippen LogP contribution in [0.2, 0.25) is 5.02 Å². The van der Waals surface area contributed by atoms with Crippen molar-refractivity contribution in [2.75, 3.05) is 7.11 Å². The Morgan fingerprint density at radius 2 is 1.90 bits per heavy atom. The monoisotopic (exact) mass is 298 g/mol. The number of halogens is 1. The van der Waals surface area contributed by atoms with Crippen molar-refractivity contribution in [1.82, 2.24) is 4.98 Å². The summed E-state index contributed by atoms with van der Waals surface area (Å²) in [6.45, 7) is 0. The van der Waals surface area contributed by atoms with Crippen molar-refractivity contribution in [3.05, 3.63) is 71.0 Å². The van der Waals surface area contributed by atoms with Crippen LogP contribution in [0.25, 0.3) is 10.8 Å². The first-order valence-electron chi connectivity index (χ1n) is 6.62. The number of hydrogen-bond acceptors (Lipinski definition) is 3. The number of nitrogens with two attached hydrogens (primary N) is 1. The van der Waals surface area contributed by atoms with E-state index in [4.69, 9.17) is 22.1 Å². The third-order valence-electron chi connectivity index (χ3n) is 3.56. The molecule has 0 saturated carbocycles. The highest BCUT2D eigenvalue weighted by Gasteiger charge is 2.17. The van der Waals surface area contributed by atoms with E-state index in [0.717, 1.165) is 21.9 Å².